The van der Waals surface area contributed by atoms with Gasteiger partial charge in [0.1, 0.15) is 0 Å². The number of carbonyl (C=O) groups is 2. The molecule has 2 nitrogen and oxygen atoms in total. The number of aldehydes is 2. The number of halogens is 1. The van der Waals surface area contributed by atoms with Crippen LogP contribution in [0.25, 0.3) is 0 Å². The van der Waals surface area contributed by atoms with Crippen LogP contribution in [0.1, 0.15) is 0 Å². The van der Waals surface area contributed by atoms with E-state index < -0.39 is 6.17 Å². The molecule has 0 aromatic heterocycles. The maximum atomic E-state index is 11.1. The van der Waals surface area contributed by atoms with Crippen molar-refractivity contribution in [3.8, 4) is 0 Å². The third-order valence-electron chi connectivity index (χ3n) is 0.260. The van der Waals surface area contributed by atoms with Gasteiger partial charge in [0.2, 0.25) is 6.17 Å². The molecule has 0 N–H and O–H groups in total. The summed E-state index contributed by atoms with van der Waals surface area (Å²) in [5.41, 5.74) is 0. The Labute approximate surface area is 34.0 Å². The third kappa shape index (κ3) is 1.58. The lowest BCUT2D eigenvalue weighted by Gasteiger charge is -1.74. The van der Waals surface area contributed by atoms with Crippen LogP contribution in [0.3, 0.4) is 0 Å². The van der Waals surface area contributed by atoms with Gasteiger partial charge >= 0.3 is 0 Å². The van der Waals surface area contributed by atoms with E-state index in [0.717, 1.165) is 0 Å². The van der Waals surface area contributed by atoms with Gasteiger partial charge in [-0.1, -0.05) is 0 Å². The van der Waals surface area contributed by atoms with Gasteiger partial charge in [-0.05, 0) is 0 Å². The molecule has 0 radical (unpaired) electrons. The fourth-order valence-corrected chi connectivity index (χ4v) is 0.0321. The highest BCUT2D eigenvalue weighted by atomic mass is 19.1. The molecule has 0 aromatic rings. The molecule has 0 saturated heterocycles. The second kappa shape index (κ2) is 2.50. The normalized spacial score (nSPS) is 8.33. The minimum Gasteiger partial charge on any atom is -0.300 e. The predicted molar refractivity (Wildman–Crippen MR) is 17.0 cm³/mol. The zero-order valence-electron chi connectivity index (χ0n) is 2.93. The summed E-state index contributed by atoms with van der Waals surface area (Å²) in [6, 6.07) is 0. The van der Waals surface area contributed by atoms with Crippen LogP contribution < -0.4 is 0 Å². The van der Waals surface area contributed by atoms with Crippen LogP contribution in [0.2, 0.25) is 0 Å². The van der Waals surface area contributed by atoms with Crippen LogP contribution in [0, 0.1) is 0 Å². The summed E-state index contributed by atoms with van der Waals surface area (Å²) in [4.78, 5) is 18.3. The average Bonchev–Trinajstić information content (AvgIpc) is 1.65. The van der Waals surface area contributed by atoms with Gasteiger partial charge in [0, 0.05) is 0 Å². The molecular weight excluding hydrogens is 87.0 g/mol. The third-order valence-corrected chi connectivity index (χ3v) is 0.260. The second-order valence-corrected chi connectivity index (χ2v) is 0.717. The van der Waals surface area contributed by atoms with Crippen molar-refractivity contribution in [3.05, 3.63) is 0 Å². The zero-order chi connectivity index (χ0) is 4.99. The standard InChI is InChI=1S/C3H3FO2/c4-3(1-5)2-6/h1-3H. The van der Waals surface area contributed by atoms with Crippen molar-refractivity contribution in [2.45, 2.75) is 6.17 Å². The van der Waals surface area contributed by atoms with Gasteiger partial charge in [0.15, 0.2) is 12.6 Å². The fourth-order valence-electron chi connectivity index (χ4n) is 0.0321. The van der Waals surface area contributed by atoms with Gasteiger partial charge < -0.3 is 0 Å². The van der Waals surface area contributed by atoms with Crippen LogP contribution in [0.5, 0.6) is 0 Å². The molecule has 3 heteroatoms. The number of alkyl halides is 1. The van der Waals surface area contributed by atoms with Gasteiger partial charge in [-0.3, -0.25) is 9.59 Å². The van der Waals surface area contributed by atoms with Crippen molar-refractivity contribution in [2.24, 2.45) is 0 Å². The van der Waals surface area contributed by atoms with Gasteiger partial charge in [-0.25, -0.2) is 4.39 Å². The van der Waals surface area contributed by atoms with E-state index >= 15 is 0 Å². The predicted octanol–water partition coefficient (Wildman–Crippen LogP) is -0.278. The first kappa shape index (κ1) is 5.27. The minimum absolute atomic E-state index is 0.0625. The smallest absolute Gasteiger partial charge is 0.210 e. The number of carbonyl (C=O) groups excluding carboxylic acids is 2. The lowest BCUT2D eigenvalue weighted by molar-refractivity contribution is -0.120. The molecule has 0 unspecified atom stereocenters. The lowest BCUT2D eigenvalue weighted by atomic mass is 10.5. The van der Waals surface area contributed by atoms with Crippen molar-refractivity contribution in [3.63, 3.8) is 0 Å². The van der Waals surface area contributed by atoms with Crippen molar-refractivity contribution < 1.29 is 14.0 Å². The first-order valence-electron chi connectivity index (χ1n) is 1.36. The molecule has 0 fully saturated rings. The Bertz CT molecular complexity index is 53.8. The molecule has 34 valence electrons. The van der Waals surface area contributed by atoms with Crippen molar-refractivity contribution in [1.82, 2.24) is 0 Å². The number of rotatable bonds is 2. The Morgan fingerprint density at radius 2 is 1.67 bits per heavy atom. The zero-order valence-corrected chi connectivity index (χ0v) is 2.93. The van der Waals surface area contributed by atoms with Crippen molar-refractivity contribution >= 4 is 12.6 Å². The van der Waals surface area contributed by atoms with Gasteiger partial charge in [-0.2, -0.15) is 0 Å². The van der Waals surface area contributed by atoms with Crippen LogP contribution in [-0.2, 0) is 9.59 Å². The highest BCUT2D eigenvalue weighted by molar-refractivity contribution is 5.80. The molecule has 0 heterocycles. The highest BCUT2D eigenvalue weighted by Crippen LogP contribution is 1.72. The van der Waals surface area contributed by atoms with E-state index in [2.05, 4.69) is 0 Å². The molecule has 0 bridgehead atoms. The molecule has 0 atom stereocenters. The maximum absolute atomic E-state index is 11.1. The minimum atomic E-state index is -1.93. The fraction of sp³-hybridized carbons (Fsp3) is 0.333. The maximum Gasteiger partial charge on any atom is 0.210 e. The quantitative estimate of drug-likeness (QED) is 0.345. The monoisotopic (exact) mass is 90.0 g/mol. The Balaban J connectivity index is 3.21. The summed E-state index contributed by atoms with van der Waals surface area (Å²) in [6.07, 6.45) is -2.05. The average molecular weight is 90.1 g/mol. The first-order chi connectivity index (χ1) is 2.81. The molecule has 0 aliphatic carbocycles. The van der Waals surface area contributed by atoms with Crippen molar-refractivity contribution in [2.75, 3.05) is 0 Å². The summed E-state index contributed by atoms with van der Waals surface area (Å²) in [5, 5.41) is 0. The summed E-state index contributed by atoms with van der Waals surface area (Å²) < 4.78 is 11.1. The van der Waals surface area contributed by atoms with E-state index in [9.17, 15) is 4.39 Å². The summed E-state index contributed by atoms with van der Waals surface area (Å²) in [6.45, 7) is 0. The van der Waals surface area contributed by atoms with E-state index in [1.165, 1.54) is 0 Å². The molecule has 0 saturated carbocycles. The van der Waals surface area contributed by atoms with Gasteiger partial charge in [0.25, 0.3) is 0 Å². The summed E-state index contributed by atoms with van der Waals surface area (Å²) in [7, 11) is 0. The van der Waals surface area contributed by atoms with Crippen molar-refractivity contribution in [1.29, 1.82) is 0 Å². The molecule has 0 aliphatic rings. The topological polar surface area (TPSA) is 34.1 Å². The van der Waals surface area contributed by atoms with Crippen LogP contribution in [0.15, 0.2) is 0 Å². The van der Waals surface area contributed by atoms with E-state index in [-0.39, 0.29) is 12.6 Å². The van der Waals surface area contributed by atoms with Crippen LogP contribution in [-0.4, -0.2) is 18.7 Å². The summed E-state index contributed by atoms with van der Waals surface area (Å²) >= 11 is 0. The number of hydrogen-bond acceptors (Lipinski definition) is 2. The molecule has 0 aromatic carbocycles. The van der Waals surface area contributed by atoms with Gasteiger partial charge in [0.05, 0.1) is 0 Å². The SMILES string of the molecule is O=CC(F)C=O. The lowest BCUT2D eigenvalue weighted by Crippen LogP contribution is -2.00. The van der Waals surface area contributed by atoms with E-state index in [1.54, 1.807) is 0 Å². The Morgan fingerprint density at radius 3 is 1.67 bits per heavy atom. The van der Waals surface area contributed by atoms with Crippen LogP contribution in [0.4, 0.5) is 4.39 Å². The van der Waals surface area contributed by atoms with E-state index in [0.29, 0.717) is 0 Å². The highest BCUT2D eigenvalue weighted by Gasteiger charge is 1.95. The molecule has 0 rings (SSSR count). The number of hydrogen-bond donors (Lipinski definition) is 0. The first-order valence-corrected chi connectivity index (χ1v) is 1.36. The second-order valence-electron chi connectivity index (χ2n) is 0.717. The molecule has 6 heavy (non-hydrogen) atoms. The van der Waals surface area contributed by atoms with E-state index in [1.807, 2.05) is 0 Å². The Kier molecular flexibility index (Phi) is 2.20. The Morgan fingerprint density at radius 1 is 1.33 bits per heavy atom. The molecule has 0 spiro atoms. The Hall–Kier alpha value is -0.730. The van der Waals surface area contributed by atoms with Gasteiger partial charge in [-0.15, -0.1) is 0 Å². The molecule has 0 aliphatic heterocycles. The van der Waals surface area contributed by atoms with Crippen LogP contribution >= 0.6 is 0 Å². The summed E-state index contributed by atoms with van der Waals surface area (Å²) in [5.74, 6) is 0. The largest absolute Gasteiger partial charge is 0.300 e. The van der Waals surface area contributed by atoms with E-state index in [4.69, 9.17) is 9.59 Å². The molecule has 0 amide bonds. The molecular formula is C3H3FO2.